The van der Waals surface area contributed by atoms with Crippen molar-refractivity contribution in [1.82, 2.24) is 9.80 Å². The number of nitrogens with two attached hydrogens (primary N) is 1. The first-order chi connectivity index (χ1) is 10.2. The molecule has 2 N–H and O–H groups in total. The van der Waals surface area contributed by atoms with Crippen LogP contribution >= 0.6 is 24.0 Å². The molecule has 0 atom stereocenters. The van der Waals surface area contributed by atoms with Gasteiger partial charge in [0.25, 0.3) is 0 Å². The van der Waals surface area contributed by atoms with Gasteiger partial charge in [-0.1, -0.05) is 6.07 Å². The third-order valence-electron chi connectivity index (χ3n) is 2.99. The second-order valence-corrected chi connectivity index (χ2v) is 6.78. The van der Waals surface area contributed by atoms with E-state index in [4.69, 9.17) is 9.88 Å². The molecule has 132 valence electrons. The Labute approximate surface area is 155 Å². The molecule has 0 amide bonds. The van der Waals surface area contributed by atoms with Crippen LogP contribution in [-0.2, 0) is 16.4 Å². The summed E-state index contributed by atoms with van der Waals surface area (Å²) in [5.41, 5.74) is 0.838. The molecule has 0 spiro atoms. The Balaban J connectivity index is 0.00000484. The van der Waals surface area contributed by atoms with Crippen molar-refractivity contribution in [2.45, 2.75) is 11.3 Å². The van der Waals surface area contributed by atoms with Crippen molar-refractivity contribution in [3.8, 4) is 5.75 Å². The smallest absolute Gasteiger partial charge is 0.241 e. The average Bonchev–Trinajstić information content (AvgIpc) is 2.41. The number of hydrogen-bond acceptors (Lipinski definition) is 4. The van der Waals surface area contributed by atoms with E-state index in [9.17, 15) is 8.42 Å². The molecule has 0 fully saturated rings. The summed E-state index contributed by atoms with van der Waals surface area (Å²) in [5, 5.41) is 5.21. The highest BCUT2D eigenvalue weighted by atomic mass is 127. The van der Waals surface area contributed by atoms with Crippen LogP contribution in [-0.4, -0.2) is 66.0 Å². The molecule has 1 rings (SSSR count). The van der Waals surface area contributed by atoms with E-state index in [1.807, 2.05) is 44.1 Å². The number of ether oxygens (including phenoxy) is 1. The molecule has 0 heterocycles. The van der Waals surface area contributed by atoms with Gasteiger partial charge in [-0.25, -0.2) is 13.6 Å². The van der Waals surface area contributed by atoms with Crippen LogP contribution in [0.2, 0.25) is 0 Å². The lowest BCUT2D eigenvalue weighted by molar-refractivity contribution is 0.402. The number of nitrogens with zero attached hydrogens (tertiary/aromatic N) is 3. The highest BCUT2D eigenvalue weighted by molar-refractivity contribution is 14.0. The maximum absolute atomic E-state index is 11.6. The van der Waals surface area contributed by atoms with E-state index in [-0.39, 0.29) is 34.6 Å². The maximum atomic E-state index is 11.6. The topological polar surface area (TPSA) is 88.2 Å². The molecular weight excluding hydrogens is 431 g/mol. The zero-order valence-electron chi connectivity index (χ0n) is 14.1. The summed E-state index contributed by atoms with van der Waals surface area (Å²) >= 11 is 0. The van der Waals surface area contributed by atoms with E-state index in [1.54, 1.807) is 6.07 Å². The summed E-state index contributed by atoms with van der Waals surface area (Å²) in [6.45, 7) is 0.544. The van der Waals surface area contributed by atoms with Gasteiger partial charge in [0.05, 0.1) is 7.11 Å². The summed E-state index contributed by atoms with van der Waals surface area (Å²) in [7, 11) is 5.29. The van der Waals surface area contributed by atoms with Gasteiger partial charge in [-0.05, 0) is 24.1 Å². The second kappa shape index (κ2) is 9.28. The minimum absolute atomic E-state index is 0. The van der Waals surface area contributed by atoms with E-state index < -0.39 is 10.0 Å². The lowest BCUT2D eigenvalue weighted by atomic mass is 10.1. The van der Waals surface area contributed by atoms with Crippen LogP contribution < -0.4 is 9.88 Å². The monoisotopic (exact) mass is 456 g/mol. The van der Waals surface area contributed by atoms with Crippen molar-refractivity contribution in [2.75, 3.05) is 41.8 Å². The van der Waals surface area contributed by atoms with Gasteiger partial charge < -0.3 is 14.5 Å². The number of primary sulfonamides is 1. The number of halogens is 1. The highest BCUT2D eigenvalue weighted by Crippen LogP contribution is 2.23. The molecule has 0 saturated heterocycles. The van der Waals surface area contributed by atoms with Gasteiger partial charge in [0.2, 0.25) is 10.0 Å². The Hall–Kier alpha value is -1.07. The third kappa shape index (κ3) is 6.51. The van der Waals surface area contributed by atoms with Crippen molar-refractivity contribution in [3.63, 3.8) is 0 Å². The third-order valence-corrected chi connectivity index (χ3v) is 3.92. The minimum Gasteiger partial charge on any atom is -0.495 e. The number of methoxy groups -OCH3 is 1. The summed E-state index contributed by atoms with van der Waals surface area (Å²) in [5.74, 6) is 1.09. The Morgan fingerprint density at radius 1 is 1.22 bits per heavy atom. The van der Waals surface area contributed by atoms with Gasteiger partial charge in [-0.2, -0.15) is 0 Å². The van der Waals surface area contributed by atoms with Crippen molar-refractivity contribution >= 4 is 40.0 Å². The average molecular weight is 456 g/mol. The largest absolute Gasteiger partial charge is 0.495 e. The van der Waals surface area contributed by atoms with E-state index in [2.05, 4.69) is 4.99 Å². The number of rotatable bonds is 5. The molecule has 1 aromatic carbocycles. The van der Waals surface area contributed by atoms with Crippen molar-refractivity contribution in [1.29, 1.82) is 0 Å². The van der Waals surface area contributed by atoms with E-state index in [0.29, 0.717) is 13.0 Å². The number of hydrogen-bond donors (Lipinski definition) is 1. The van der Waals surface area contributed by atoms with Gasteiger partial charge in [0, 0.05) is 34.7 Å². The molecule has 0 unspecified atom stereocenters. The lowest BCUT2D eigenvalue weighted by Crippen LogP contribution is -2.35. The number of sulfonamides is 1. The van der Waals surface area contributed by atoms with E-state index >= 15 is 0 Å². The molecule has 0 aromatic heterocycles. The summed E-state index contributed by atoms with van der Waals surface area (Å²) < 4.78 is 28.2. The molecule has 0 aliphatic heterocycles. The van der Waals surface area contributed by atoms with E-state index in [0.717, 1.165) is 11.5 Å². The molecule has 9 heteroatoms. The Morgan fingerprint density at radius 3 is 2.22 bits per heavy atom. The van der Waals surface area contributed by atoms with Gasteiger partial charge in [0.1, 0.15) is 10.6 Å². The Bertz CT molecular complexity index is 635. The lowest BCUT2D eigenvalue weighted by Gasteiger charge is -2.22. The molecule has 0 aliphatic rings. The van der Waals surface area contributed by atoms with Crippen LogP contribution in [0.4, 0.5) is 0 Å². The van der Waals surface area contributed by atoms with Gasteiger partial charge in [0.15, 0.2) is 5.96 Å². The predicted octanol–water partition coefficient (Wildman–Crippen LogP) is 0.982. The summed E-state index contributed by atoms with van der Waals surface area (Å²) in [6, 6.07) is 4.96. The zero-order valence-corrected chi connectivity index (χ0v) is 17.3. The number of aliphatic imine (C=N–C) groups is 1. The molecular formula is C14H25IN4O3S. The first-order valence-corrected chi connectivity index (χ1v) is 8.30. The molecule has 23 heavy (non-hydrogen) atoms. The Kier molecular flexibility index (Phi) is 8.85. The SMILES string of the molecule is COc1ccc(CCN=C(N(C)C)N(C)C)cc1S(N)(=O)=O.I. The summed E-state index contributed by atoms with van der Waals surface area (Å²) in [4.78, 5) is 8.35. The molecule has 7 nitrogen and oxygen atoms in total. The molecule has 0 saturated carbocycles. The van der Waals surface area contributed by atoms with E-state index in [1.165, 1.54) is 13.2 Å². The summed E-state index contributed by atoms with van der Waals surface area (Å²) in [6.07, 6.45) is 0.609. The van der Waals surface area contributed by atoms with Crippen LogP contribution in [0.15, 0.2) is 28.1 Å². The maximum Gasteiger partial charge on any atom is 0.241 e. The van der Waals surface area contributed by atoms with Crippen molar-refractivity contribution < 1.29 is 13.2 Å². The molecule has 0 radical (unpaired) electrons. The number of benzene rings is 1. The van der Waals surface area contributed by atoms with Crippen LogP contribution in [0.5, 0.6) is 5.75 Å². The van der Waals surface area contributed by atoms with Gasteiger partial charge in [-0.15, -0.1) is 24.0 Å². The first kappa shape index (κ1) is 21.9. The minimum atomic E-state index is -3.81. The fourth-order valence-corrected chi connectivity index (χ4v) is 2.81. The zero-order chi connectivity index (χ0) is 16.9. The predicted molar refractivity (Wildman–Crippen MR) is 103 cm³/mol. The molecule has 0 aliphatic carbocycles. The fourth-order valence-electron chi connectivity index (χ4n) is 2.07. The normalized spacial score (nSPS) is 10.5. The van der Waals surface area contributed by atoms with Crippen LogP contribution in [0.25, 0.3) is 0 Å². The highest BCUT2D eigenvalue weighted by Gasteiger charge is 2.15. The van der Waals surface area contributed by atoms with Gasteiger partial charge in [-0.3, -0.25) is 4.99 Å². The standard InChI is InChI=1S/C14H24N4O3S.HI/c1-17(2)14(18(3)4)16-9-8-11-6-7-12(21-5)13(10-11)22(15,19)20;/h6-7,10H,8-9H2,1-5H3,(H2,15,19,20);1H. The van der Waals surface area contributed by atoms with Crippen LogP contribution in [0.3, 0.4) is 0 Å². The fraction of sp³-hybridized carbons (Fsp3) is 0.500. The van der Waals surface area contributed by atoms with Crippen molar-refractivity contribution in [3.05, 3.63) is 23.8 Å². The number of guanidine groups is 1. The first-order valence-electron chi connectivity index (χ1n) is 6.75. The Morgan fingerprint density at radius 2 is 1.78 bits per heavy atom. The van der Waals surface area contributed by atoms with Crippen LogP contribution in [0, 0.1) is 0 Å². The van der Waals surface area contributed by atoms with Crippen molar-refractivity contribution in [2.24, 2.45) is 10.1 Å². The molecule has 0 bridgehead atoms. The van der Waals surface area contributed by atoms with Gasteiger partial charge >= 0.3 is 0 Å². The molecule has 1 aromatic rings. The quantitative estimate of drug-likeness (QED) is 0.406. The second-order valence-electron chi connectivity index (χ2n) is 5.25. The van der Waals surface area contributed by atoms with Crippen LogP contribution in [0.1, 0.15) is 5.56 Å².